The summed E-state index contributed by atoms with van der Waals surface area (Å²) in [5.41, 5.74) is 0. The largest absolute Gasteiger partial charge is 1.00 e. The maximum Gasteiger partial charge on any atom is 0.0766 e. The lowest BCUT2D eigenvalue weighted by molar-refractivity contribution is -0.858. The summed E-state index contributed by atoms with van der Waals surface area (Å²) in [6.45, 7) is 1.35. The smallest absolute Gasteiger partial charge is 0.0766 e. The topological polar surface area (TPSA) is 4.44 Å². The first-order valence-corrected chi connectivity index (χ1v) is 7.08. The number of hydrogen-bond donors (Lipinski definition) is 1. The molecular formula is C14H30BrN. The highest BCUT2D eigenvalue weighted by Crippen LogP contribution is 2.27. The van der Waals surface area contributed by atoms with E-state index in [-0.39, 0.29) is 17.0 Å². The molecular weight excluding hydrogens is 262 g/mol. The molecule has 1 N–H and O–H groups in total. The van der Waals surface area contributed by atoms with Crippen molar-refractivity contribution >= 4 is 0 Å². The minimum Gasteiger partial charge on any atom is -1.00 e. The third-order valence-electron chi connectivity index (χ3n) is 3.76. The number of nitrogens with one attached hydrogen (secondary N) is 1. The van der Waals surface area contributed by atoms with Gasteiger partial charge in [-0.1, -0.05) is 51.4 Å². The maximum atomic E-state index is 2.25. The van der Waals surface area contributed by atoms with Crippen molar-refractivity contribution in [2.45, 2.75) is 64.2 Å². The molecule has 0 saturated heterocycles. The van der Waals surface area contributed by atoms with Gasteiger partial charge < -0.3 is 21.9 Å². The Labute approximate surface area is 113 Å². The average Bonchev–Trinajstić information content (AvgIpc) is 2.24. The van der Waals surface area contributed by atoms with E-state index in [1.165, 1.54) is 70.8 Å². The van der Waals surface area contributed by atoms with E-state index >= 15 is 0 Å². The highest BCUT2D eigenvalue weighted by atomic mass is 79.9. The summed E-state index contributed by atoms with van der Waals surface area (Å²) in [6, 6.07) is 0. The predicted molar refractivity (Wildman–Crippen MR) is 67.3 cm³/mol. The highest BCUT2D eigenvalue weighted by molar-refractivity contribution is 4.65. The molecule has 0 radical (unpaired) electrons. The SMILES string of the molecule is C[NH+](C)CCCCCCC1CCCCC1.[Br-]. The Kier molecular flexibility index (Phi) is 10.9. The van der Waals surface area contributed by atoms with E-state index in [4.69, 9.17) is 0 Å². The minimum atomic E-state index is 0. The molecule has 0 aliphatic heterocycles. The van der Waals surface area contributed by atoms with Crippen molar-refractivity contribution in [1.82, 2.24) is 0 Å². The van der Waals surface area contributed by atoms with Gasteiger partial charge in [-0.25, -0.2) is 0 Å². The van der Waals surface area contributed by atoms with Gasteiger partial charge in [-0.3, -0.25) is 0 Å². The van der Waals surface area contributed by atoms with Crippen LogP contribution in [0.4, 0.5) is 0 Å². The number of rotatable bonds is 7. The molecule has 0 bridgehead atoms. The first-order chi connectivity index (χ1) is 7.29. The van der Waals surface area contributed by atoms with E-state index in [0.717, 1.165) is 5.92 Å². The second-order valence-corrected chi connectivity index (χ2v) is 5.66. The van der Waals surface area contributed by atoms with Crippen LogP contribution < -0.4 is 21.9 Å². The molecule has 0 amide bonds. The molecule has 2 heteroatoms. The molecule has 1 nitrogen and oxygen atoms in total. The average molecular weight is 292 g/mol. The van der Waals surface area contributed by atoms with Crippen molar-refractivity contribution in [3.63, 3.8) is 0 Å². The lowest BCUT2D eigenvalue weighted by Crippen LogP contribution is -3.05. The molecule has 16 heavy (non-hydrogen) atoms. The van der Waals surface area contributed by atoms with Crippen molar-refractivity contribution in [1.29, 1.82) is 0 Å². The minimum absolute atomic E-state index is 0. The zero-order valence-electron chi connectivity index (χ0n) is 11.2. The molecule has 1 fully saturated rings. The van der Waals surface area contributed by atoms with Gasteiger partial charge in [0.05, 0.1) is 20.6 Å². The van der Waals surface area contributed by atoms with Crippen molar-refractivity contribution in [3.05, 3.63) is 0 Å². The van der Waals surface area contributed by atoms with Gasteiger partial charge in [0, 0.05) is 0 Å². The van der Waals surface area contributed by atoms with E-state index < -0.39 is 0 Å². The number of quaternary nitrogens is 1. The van der Waals surface area contributed by atoms with Crippen LogP contribution in [0, 0.1) is 5.92 Å². The molecule has 1 saturated carbocycles. The van der Waals surface area contributed by atoms with Crippen LogP contribution in [-0.2, 0) is 0 Å². The zero-order valence-corrected chi connectivity index (χ0v) is 12.8. The summed E-state index contributed by atoms with van der Waals surface area (Å²) in [7, 11) is 4.50. The number of halogens is 1. The van der Waals surface area contributed by atoms with E-state index in [2.05, 4.69) is 14.1 Å². The number of hydrogen-bond acceptors (Lipinski definition) is 0. The summed E-state index contributed by atoms with van der Waals surface area (Å²) in [5, 5.41) is 0. The van der Waals surface area contributed by atoms with Gasteiger partial charge in [0.25, 0.3) is 0 Å². The van der Waals surface area contributed by atoms with Crippen LogP contribution in [0.3, 0.4) is 0 Å². The Morgan fingerprint density at radius 2 is 1.50 bits per heavy atom. The van der Waals surface area contributed by atoms with Gasteiger partial charge in [0.2, 0.25) is 0 Å². The summed E-state index contributed by atoms with van der Waals surface area (Å²) in [4.78, 5) is 1.60. The molecule has 0 aromatic rings. The standard InChI is InChI=1S/C14H29N.BrH/c1-15(2)13-9-4-3-6-10-14-11-7-5-8-12-14;/h14H,3-13H2,1-2H3;1H. The van der Waals surface area contributed by atoms with Crippen molar-refractivity contribution in [2.75, 3.05) is 20.6 Å². The Morgan fingerprint density at radius 3 is 2.12 bits per heavy atom. The summed E-state index contributed by atoms with van der Waals surface area (Å²) >= 11 is 0. The van der Waals surface area contributed by atoms with Gasteiger partial charge in [0.1, 0.15) is 0 Å². The highest BCUT2D eigenvalue weighted by Gasteiger charge is 2.12. The van der Waals surface area contributed by atoms with E-state index in [1.54, 1.807) is 4.90 Å². The van der Waals surface area contributed by atoms with E-state index in [0.29, 0.717) is 0 Å². The zero-order chi connectivity index (χ0) is 10.9. The molecule has 0 atom stereocenters. The maximum absolute atomic E-state index is 2.25. The molecule has 1 aliphatic carbocycles. The Bertz CT molecular complexity index is 142. The van der Waals surface area contributed by atoms with E-state index in [1.807, 2.05) is 0 Å². The summed E-state index contributed by atoms with van der Waals surface area (Å²) in [5.74, 6) is 1.10. The van der Waals surface area contributed by atoms with Crippen LogP contribution >= 0.6 is 0 Å². The number of unbranched alkanes of at least 4 members (excludes halogenated alkanes) is 3. The summed E-state index contributed by atoms with van der Waals surface area (Å²) < 4.78 is 0. The molecule has 0 spiro atoms. The quantitative estimate of drug-likeness (QED) is 0.613. The fourth-order valence-electron chi connectivity index (χ4n) is 2.74. The molecule has 1 aliphatic rings. The fraction of sp³-hybridized carbons (Fsp3) is 1.00. The van der Waals surface area contributed by atoms with E-state index in [9.17, 15) is 0 Å². The molecule has 1 rings (SSSR count). The predicted octanol–water partition coefficient (Wildman–Crippen LogP) is -0.334. The molecule has 98 valence electrons. The van der Waals surface area contributed by atoms with Crippen molar-refractivity contribution in [3.8, 4) is 0 Å². The van der Waals surface area contributed by atoms with Gasteiger partial charge in [0.15, 0.2) is 0 Å². The Hall–Kier alpha value is 0.440. The fourth-order valence-corrected chi connectivity index (χ4v) is 2.74. The van der Waals surface area contributed by atoms with Gasteiger partial charge in [-0.2, -0.15) is 0 Å². The normalized spacial score (nSPS) is 17.4. The van der Waals surface area contributed by atoms with Gasteiger partial charge >= 0.3 is 0 Å². The Morgan fingerprint density at radius 1 is 0.875 bits per heavy atom. The molecule has 0 unspecified atom stereocenters. The van der Waals surface area contributed by atoms with Crippen LogP contribution in [0.25, 0.3) is 0 Å². The van der Waals surface area contributed by atoms with Gasteiger partial charge in [-0.05, 0) is 18.8 Å². The van der Waals surface area contributed by atoms with Gasteiger partial charge in [-0.15, -0.1) is 0 Å². The van der Waals surface area contributed by atoms with Crippen LogP contribution in [0.5, 0.6) is 0 Å². The third-order valence-corrected chi connectivity index (χ3v) is 3.76. The second kappa shape index (κ2) is 10.6. The van der Waals surface area contributed by atoms with Crippen LogP contribution in [-0.4, -0.2) is 20.6 Å². The van der Waals surface area contributed by atoms with Crippen LogP contribution in [0.2, 0.25) is 0 Å². The Balaban J connectivity index is 0.00000225. The second-order valence-electron chi connectivity index (χ2n) is 5.66. The molecule has 0 aromatic carbocycles. The third kappa shape index (κ3) is 8.58. The monoisotopic (exact) mass is 291 g/mol. The molecule has 0 heterocycles. The molecule has 0 aromatic heterocycles. The first kappa shape index (κ1) is 16.4. The lowest BCUT2D eigenvalue weighted by atomic mass is 9.85. The van der Waals surface area contributed by atoms with Crippen molar-refractivity contribution < 1.29 is 21.9 Å². The summed E-state index contributed by atoms with van der Waals surface area (Å²) in [6.07, 6.45) is 15.0. The van der Waals surface area contributed by atoms with Crippen LogP contribution in [0.1, 0.15) is 64.2 Å². The van der Waals surface area contributed by atoms with Crippen molar-refractivity contribution in [2.24, 2.45) is 5.92 Å². The van der Waals surface area contributed by atoms with Crippen LogP contribution in [0.15, 0.2) is 0 Å². The first-order valence-electron chi connectivity index (χ1n) is 7.08. The lowest BCUT2D eigenvalue weighted by Gasteiger charge is -2.21.